The lowest BCUT2D eigenvalue weighted by molar-refractivity contribution is 0.0986. The van der Waals surface area contributed by atoms with Crippen molar-refractivity contribution in [3.05, 3.63) is 59.4 Å². The minimum Gasteiger partial charge on any atom is -0.456 e. The number of ether oxygens (including phenoxy) is 1. The molecule has 0 saturated carbocycles. The molecule has 98 valence electrons. The average Bonchev–Trinajstić information content (AvgIpc) is 2.42. The second kappa shape index (κ2) is 5.65. The molecule has 2 rings (SSSR count). The van der Waals surface area contributed by atoms with Crippen molar-refractivity contribution in [3.8, 4) is 11.5 Å². The maximum absolute atomic E-state index is 13.2. The summed E-state index contributed by atoms with van der Waals surface area (Å²) in [6.07, 6.45) is 0.405. The van der Waals surface area contributed by atoms with Crippen LogP contribution in [-0.2, 0) is 0 Å². The summed E-state index contributed by atoms with van der Waals surface area (Å²) in [5.41, 5.74) is 1.34. The highest BCUT2D eigenvalue weighted by Crippen LogP contribution is 2.29. The van der Waals surface area contributed by atoms with E-state index in [1.807, 2.05) is 6.92 Å². The minimum atomic E-state index is -0.361. The standard InChI is InChI=1S/C16H15FO2/c1-3-14(18)13-6-4-5-7-15(13)19-16-10-12(17)9-8-11(16)2/h4-10H,3H2,1-2H3. The molecule has 3 heteroatoms. The molecule has 0 aliphatic rings. The number of Topliss-reactive ketones (excluding diaryl/α,β-unsaturated/α-hetero) is 1. The van der Waals surface area contributed by atoms with Crippen molar-refractivity contribution >= 4 is 5.78 Å². The molecule has 0 fully saturated rings. The summed E-state index contributed by atoms with van der Waals surface area (Å²) in [5.74, 6) is 0.531. The van der Waals surface area contributed by atoms with E-state index in [9.17, 15) is 9.18 Å². The lowest BCUT2D eigenvalue weighted by Gasteiger charge is -2.11. The van der Waals surface area contributed by atoms with Gasteiger partial charge in [0.1, 0.15) is 17.3 Å². The molecule has 0 amide bonds. The molecule has 0 bridgehead atoms. The summed E-state index contributed by atoms with van der Waals surface area (Å²) >= 11 is 0. The van der Waals surface area contributed by atoms with Gasteiger partial charge in [-0.05, 0) is 30.7 Å². The van der Waals surface area contributed by atoms with Gasteiger partial charge < -0.3 is 4.74 Å². The zero-order valence-corrected chi connectivity index (χ0v) is 10.9. The highest BCUT2D eigenvalue weighted by atomic mass is 19.1. The molecule has 19 heavy (non-hydrogen) atoms. The van der Waals surface area contributed by atoms with Crippen LogP contribution in [0.2, 0.25) is 0 Å². The predicted molar refractivity (Wildman–Crippen MR) is 72.3 cm³/mol. The minimum absolute atomic E-state index is 0.00431. The Bertz CT molecular complexity index is 605. The molecular formula is C16H15FO2. The van der Waals surface area contributed by atoms with Gasteiger partial charge in [-0.25, -0.2) is 4.39 Å². The zero-order chi connectivity index (χ0) is 13.8. The number of hydrogen-bond donors (Lipinski definition) is 0. The largest absolute Gasteiger partial charge is 0.456 e. The second-order valence-electron chi connectivity index (χ2n) is 4.28. The van der Waals surface area contributed by atoms with Gasteiger partial charge >= 0.3 is 0 Å². The van der Waals surface area contributed by atoms with Gasteiger partial charge in [0.25, 0.3) is 0 Å². The summed E-state index contributed by atoms with van der Waals surface area (Å²) in [6.45, 7) is 3.63. The lowest BCUT2D eigenvalue weighted by atomic mass is 10.1. The number of carbonyl (C=O) groups is 1. The van der Waals surface area contributed by atoms with E-state index in [2.05, 4.69) is 0 Å². The summed E-state index contributed by atoms with van der Waals surface area (Å²) in [6, 6.07) is 11.4. The molecule has 0 aliphatic heterocycles. The van der Waals surface area contributed by atoms with Crippen LogP contribution < -0.4 is 4.74 Å². The number of aryl methyl sites for hydroxylation is 1. The van der Waals surface area contributed by atoms with Gasteiger partial charge in [0.15, 0.2) is 5.78 Å². The van der Waals surface area contributed by atoms with E-state index in [-0.39, 0.29) is 11.6 Å². The second-order valence-corrected chi connectivity index (χ2v) is 4.28. The van der Waals surface area contributed by atoms with Gasteiger partial charge in [0.05, 0.1) is 5.56 Å². The van der Waals surface area contributed by atoms with E-state index in [1.165, 1.54) is 12.1 Å². The van der Waals surface area contributed by atoms with Crippen LogP contribution in [0.25, 0.3) is 0 Å². The van der Waals surface area contributed by atoms with Crippen LogP contribution in [0.5, 0.6) is 11.5 Å². The number of ketones is 1. The fourth-order valence-corrected chi connectivity index (χ4v) is 1.78. The monoisotopic (exact) mass is 258 g/mol. The van der Waals surface area contributed by atoms with Crippen molar-refractivity contribution in [2.75, 3.05) is 0 Å². The van der Waals surface area contributed by atoms with Crippen molar-refractivity contribution in [1.82, 2.24) is 0 Å². The number of rotatable bonds is 4. The van der Waals surface area contributed by atoms with E-state index in [0.717, 1.165) is 5.56 Å². The quantitative estimate of drug-likeness (QED) is 0.754. The molecule has 2 aromatic carbocycles. The van der Waals surface area contributed by atoms with Crippen molar-refractivity contribution < 1.29 is 13.9 Å². The Hall–Kier alpha value is -2.16. The Morgan fingerprint density at radius 2 is 1.89 bits per heavy atom. The van der Waals surface area contributed by atoms with E-state index in [4.69, 9.17) is 4.74 Å². The summed E-state index contributed by atoms with van der Waals surface area (Å²) in [5, 5.41) is 0. The molecule has 0 unspecified atom stereocenters. The third kappa shape index (κ3) is 2.99. The number of carbonyl (C=O) groups excluding carboxylic acids is 1. The van der Waals surface area contributed by atoms with E-state index >= 15 is 0 Å². The van der Waals surface area contributed by atoms with Gasteiger partial charge in [0.2, 0.25) is 0 Å². The maximum Gasteiger partial charge on any atom is 0.166 e. The predicted octanol–water partition coefficient (Wildman–Crippen LogP) is 4.52. The molecule has 0 spiro atoms. The third-order valence-electron chi connectivity index (χ3n) is 2.88. The van der Waals surface area contributed by atoms with Crippen molar-refractivity contribution in [1.29, 1.82) is 0 Å². The first-order chi connectivity index (χ1) is 9.11. The Morgan fingerprint density at radius 3 is 2.63 bits per heavy atom. The highest BCUT2D eigenvalue weighted by molar-refractivity contribution is 5.98. The number of benzene rings is 2. The molecule has 0 N–H and O–H groups in total. The molecule has 0 aliphatic carbocycles. The number of hydrogen-bond acceptors (Lipinski definition) is 2. The normalized spacial score (nSPS) is 10.3. The third-order valence-corrected chi connectivity index (χ3v) is 2.88. The van der Waals surface area contributed by atoms with Gasteiger partial charge in [-0.1, -0.05) is 25.1 Å². The van der Waals surface area contributed by atoms with Crippen LogP contribution >= 0.6 is 0 Å². The van der Waals surface area contributed by atoms with Crippen LogP contribution in [0.4, 0.5) is 4.39 Å². The maximum atomic E-state index is 13.2. The molecule has 2 nitrogen and oxygen atoms in total. The van der Waals surface area contributed by atoms with Crippen molar-refractivity contribution in [2.24, 2.45) is 0 Å². The summed E-state index contributed by atoms with van der Waals surface area (Å²) in [4.78, 5) is 11.8. The first kappa shape index (κ1) is 13.3. The Balaban J connectivity index is 2.38. The van der Waals surface area contributed by atoms with E-state index in [1.54, 1.807) is 37.3 Å². The molecular weight excluding hydrogens is 243 g/mol. The van der Waals surface area contributed by atoms with Gasteiger partial charge in [0, 0.05) is 12.5 Å². The van der Waals surface area contributed by atoms with Crippen LogP contribution in [0.1, 0.15) is 29.3 Å². The SMILES string of the molecule is CCC(=O)c1ccccc1Oc1cc(F)ccc1C. The Kier molecular flexibility index (Phi) is 3.95. The van der Waals surface area contributed by atoms with Crippen LogP contribution in [0.3, 0.4) is 0 Å². The molecule has 2 aromatic rings. The van der Waals surface area contributed by atoms with E-state index < -0.39 is 0 Å². The smallest absolute Gasteiger partial charge is 0.166 e. The van der Waals surface area contributed by atoms with Crippen LogP contribution in [-0.4, -0.2) is 5.78 Å². The first-order valence-electron chi connectivity index (χ1n) is 6.18. The number of para-hydroxylation sites is 1. The first-order valence-corrected chi connectivity index (χ1v) is 6.18. The van der Waals surface area contributed by atoms with Crippen molar-refractivity contribution in [2.45, 2.75) is 20.3 Å². The topological polar surface area (TPSA) is 26.3 Å². The molecule has 0 heterocycles. The lowest BCUT2D eigenvalue weighted by Crippen LogP contribution is -2.00. The van der Waals surface area contributed by atoms with Gasteiger partial charge in [-0.2, -0.15) is 0 Å². The summed E-state index contributed by atoms with van der Waals surface area (Å²) in [7, 11) is 0. The molecule has 0 radical (unpaired) electrons. The number of halogens is 1. The summed E-state index contributed by atoms with van der Waals surface area (Å²) < 4.78 is 18.9. The molecule has 0 atom stereocenters. The van der Waals surface area contributed by atoms with Crippen LogP contribution in [0, 0.1) is 12.7 Å². The Labute approximate surface area is 111 Å². The van der Waals surface area contributed by atoms with E-state index in [0.29, 0.717) is 23.5 Å². The van der Waals surface area contributed by atoms with Gasteiger partial charge in [-0.3, -0.25) is 4.79 Å². The molecule has 0 aromatic heterocycles. The molecule has 0 saturated heterocycles. The fraction of sp³-hybridized carbons (Fsp3) is 0.188. The zero-order valence-electron chi connectivity index (χ0n) is 10.9. The fourth-order valence-electron chi connectivity index (χ4n) is 1.78. The highest BCUT2D eigenvalue weighted by Gasteiger charge is 2.12. The average molecular weight is 258 g/mol. The van der Waals surface area contributed by atoms with Gasteiger partial charge in [-0.15, -0.1) is 0 Å². The Morgan fingerprint density at radius 1 is 1.16 bits per heavy atom. The van der Waals surface area contributed by atoms with Crippen molar-refractivity contribution in [3.63, 3.8) is 0 Å². The van der Waals surface area contributed by atoms with Crippen LogP contribution in [0.15, 0.2) is 42.5 Å².